The molecule has 0 fully saturated rings. The molecule has 1 aromatic carbocycles. The molecule has 76 valence electrons. The van der Waals surface area contributed by atoms with Gasteiger partial charge in [0.1, 0.15) is 17.0 Å². The SMILES string of the molecule is CCC(Cl)N=Nc1ccc(F)cc1Cl. The highest BCUT2D eigenvalue weighted by Gasteiger charge is 2.01. The molecule has 0 radical (unpaired) electrons. The lowest BCUT2D eigenvalue weighted by molar-refractivity contribution is 0.628. The van der Waals surface area contributed by atoms with Gasteiger partial charge in [-0.15, -0.1) is 0 Å². The fourth-order valence-corrected chi connectivity index (χ4v) is 1.02. The fourth-order valence-electron chi connectivity index (χ4n) is 0.769. The molecule has 1 rings (SSSR count). The number of azo groups is 1. The van der Waals surface area contributed by atoms with Gasteiger partial charge in [-0.1, -0.05) is 30.1 Å². The molecule has 0 amide bonds. The lowest BCUT2D eigenvalue weighted by Crippen LogP contribution is -1.86. The highest BCUT2D eigenvalue weighted by atomic mass is 35.5. The van der Waals surface area contributed by atoms with Crippen molar-refractivity contribution < 1.29 is 4.39 Å². The van der Waals surface area contributed by atoms with Gasteiger partial charge < -0.3 is 0 Å². The van der Waals surface area contributed by atoms with E-state index in [-0.39, 0.29) is 10.5 Å². The summed E-state index contributed by atoms with van der Waals surface area (Å²) in [5.41, 5.74) is 0.0586. The molecule has 1 aromatic rings. The molecule has 0 saturated carbocycles. The Kier molecular flexibility index (Phi) is 4.29. The van der Waals surface area contributed by atoms with E-state index in [4.69, 9.17) is 23.2 Å². The summed E-state index contributed by atoms with van der Waals surface area (Å²) in [4.78, 5) is 0. The number of benzene rings is 1. The Morgan fingerprint density at radius 3 is 2.79 bits per heavy atom. The number of hydrogen-bond donors (Lipinski definition) is 0. The van der Waals surface area contributed by atoms with Crippen molar-refractivity contribution in [3.8, 4) is 0 Å². The first-order valence-electron chi connectivity index (χ1n) is 4.13. The minimum Gasteiger partial charge on any atom is -0.207 e. The van der Waals surface area contributed by atoms with Crippen molar-refractivity contribution in [2.45, 2.75) is 18.8 Å². The first-order chi connectivity index (χ1) is 6.63. The Morgan fingerprint density at radius 2 is 2.21 bits per heavy atom. The predicted molar refractivity (Wildman–Crippen MR) is 55.9 cm³/mol. The average molecular weight is 235 g/mol. The Bertz CT molecular complexity index is 342. The first kappa shape index (κ1) is 11.4. The average Bonchev–Trinajstić information content (AvgIpc) is 2.16. The normalized spacial score (nSPS) is 13.4. The van der Waals surface area contributed by atoms with Crippen LogP contribution in [0, 0.1) is 5.82 Å². The third-order valence-electron chi connectivity index (χ3n) is 1.54. The van der Waals surface area contributed by atoms with Crippen LogP contribution in [0.5, 0.6) is 0 Å². The van der Waals surface area contributed by atoms with Crippen LogP contribution in [-0.2, 0) is 0 Å². The van der Waals surface area contributed by atoms with Crippen molar-refractivity contribution in [2.75, 3.05) is 0 Å². The summed E-state index contributed by atoms with van der Waals surface area (Å²) in [5, 5.41) is 7.83. The molecule has 0 aliphatic carbocycles. The van der Waals surface area contributed by atoms with E-state index < -0.39 is 5.82 Å². The van der Waals surface area contributed by atoms with E-state index in [0.717, 1.165) is 0 Å². The van der Waals surface area contributed by atoms with Gasteiger partial charge in [-0.3, -0.25) is 0 Å². The van der Waals surface area contributed by atoms with Crippen LogP contribution >= 0.6 is 23.2 Å². The lowest BCUT2D eigenvalue weighted by atomic mass is 10.3. The zero-order chi connectivity index (χ0) is 10.6. The highest BCUT2D eigenvalue weighted by Crippen LogP contribution is 2.26. The monoisotopic (exact) mass is 234 g/mol. The van der Waals surface area contributed by atoms with Crippen molar-refractivity contribution in [1.29, 1.82) is 0 Å². The molecule has 0 aliphatic rings. The smallest absolute Gasteiger partial charge is 0.144 e. The maximum Gasteiger partial charge on any atom is 0.144 e. The predicted octanol–water partition coefficient (Wildman–Crippen LogP) is 4.54. The number of hydrogen-bond acceptors (Lipinski definition) is 2. The second-order valence-electron chi connectivity index (χ2n) is 2.65. The van der Waals surface area contributed by atoms with Crippen molar-refractivity contribution in [3.63, 3.8) is 0 Å². The third-order valence-corrected chi connectivity index (χ3v) is 2.24. The molecule has 0 aromatic heterocycles. The standard InChI is InChI=1S/C9H9Cl2FN2/c1-2-9(11)14-13-8-4-3-6(12)5-7(8)10/h3-5,9H,2H2,1H3. The summed E-state index contributed by atoms with van der Waals surface area (Å²) >= 11 is 11.4. The minimum absolute atomic E-state index is 0.230. The van der Waals surface area contributed by atoms with Crippen LogP contribution < -0.4 is 0 Å². The number of halogens is 3. The van der Waals surface area contributed by atoms with Gasteiger partial charge in [0.15, 0.2) is 0 Å². The van der Waals surface area contributed by atoms with Crippen molar-refractivity contribution in [2.24, 2.45) is 10.2 Å². The zero-order valence-electron chi connectivity index (χ0n) is 7.54. The quantitative estimate of drug-likeness (QED) is 0.417. The van der Waals surface area contributed by atoms with Crippen molar-refractivity contribution in [1.82, 2.24) is 0 Å². The van der Waals surface area contributed by atoms with E-state index >= 15 is 0 Å². The molecular weight excluding hydrogens is 226 g/mol. The Balaban J connectivity index is 2.82. The molecular formula is C9H9Cl2FN2. The molecule has 0 aliphatic heterocycles. The topological polar surface area (TPSA) is 24.7 Å². The van der Waals surface area contributed by atoms with Gasteiger partial charge in [0.05, 0.1) is 5.02 Å². The van der Waals surface area contributed by atoms with Crippen LogP contribution in [0.15, 0.2) is 28.4 Å². The largest absolute Gasteiger partial charge is 0.207 e. The molecule has 0 bridgehead atoms. The van der Waals surface area contributed by atoms with Gasteiger partial charge in [0.2, 0.25) is 0 Å². The Morgan fingerprint density at radius 1 is 1.50 bits per heavy atom. The lowest BCUT2D eigenvalue weighted by Gasteiger charge is -1.98. The summed E-state index contributed by atoms with van der Waals surface area (Å²) in [5.74, 6) is -0.396. The van der Waals surface area contributed by atoms with E-state index in [1.165, 1.54) is 18.2 Å². The van der Waals surface area contributed by atoms with Crippen molar-refractivity contribution in [3.05, 3.63) is 29.0 Å². The van der Waals surface area contributed by atoms with E-state index in [1.807, 2.05) is 6.92 Å². The highest BCUT2D eigenvalue weighted by molar-refractivity contribution is 6.32. The number of alkyl halides is 1. The van der Waals surface area contributed by atoms with Crippen LogP contribution in [0.25, 0.3) is 0 Å². The molecule has 5 heteroatoms. The summed E-state index contributed by atoms with van der Waals surface area (Å²) in [6, 6.07) is 3.92. The van der Waals surface area contributed by atoms with Crippen LogP contribution in [0.1, 0.15) is 13.3 Å². The fraction of sp³-hybridized carbons (Fsp3) is 0.333. The Hall–Kier alpha value is -0.670. The molecule has 2 nitrogen and oxygen atoms in total. The van der Waals surface area contributed by atoms with Gasteiger partial charge in [0, 0.05) is 0 Å². The molecule has 14 heavy (non-hydrogen) atoms. The van der Waals surface area contributed by atoms with Gasteiger partial charge in [-0.05, 0) is 24.6 Å². The van der Waals surface area contributed by atoms with E-state index in [9.17, 15) is 4.39 Å². The summed E-state index contributed by atoms with van der Waals surface area (Å²) in [6.45, 7) is 1.89. The molecule has 0 N–H and O–H groups in total. The molecule has 0 saturated heterocycles. The van der Waals surface area contributed by atoms with Gasteiger partial charge in [-0.25, -0.2) is 4.39 Å². The van der Waals surface area contributed by atoms with E-state index in [1.54, 1.807) is 0 Å². The maximum atomic E-state index is 12.6. The summed E-state index contributed by atoms with van der Waals surface area (Å²) < 4.78 is 12.6. The summed E-state index contributed by atoms with van der Waals surface area (Å²) in [6.07, 6.45) is 0.684. The van der Waals surface area contributed by atoms with Crippen LogP contribution in [-0.4, -0.2) is 5.50 Å². The summed E-state index contributed by atoms with van der Waals surface area (Å²) in [7, 11) is 0. The second-order valence-corrected chi connectivity index (χ2v) is 3.56. The van der Waals surface area contributed by atoms with Gasteiger partial charge in [0.25, 0.3) is 0 Å². The molecule has 1 atom stereocenters. The second kappa shape index (κ2) is 5.27. The maximum absolute atomic E-state index is 12.6. The van der Waals surface area contributed by atoms with Crippen LogP contribution in [0.2, 0.25) is 5.02 Å². The number of rotatable bonds is 3. The van der Waals surface area contributed by atoms with Crippen LogP contribution in [0.3, 0.4) is 0 Å². The third kappa shape index (κ3) is 3.24. The van der Waals surface area contributed by atoms with E-state index in [2.05, 4.69) is 10.2 Å². The Labute approximate surface area is 91.7 Å². The van der Waals surface area contributed by atoms with Crippen LogP contribution in [0.4, 0.5) is 10.1 Å². The van der Waals surface area contributed by atoms with E-state index in [0.29, 0.717) is 12.1 Å². The van der Waals surface area contributed by atoms with Crippen molar-refractivity contribution >= 4 is 28.9 Å². The zero-order valence-corrected chi connectivity index (χ0v) is 9.06. The molecule has 0 spiro atoms. The first-order valence-corrected chi connectivity index (χ1v) is 4.95. The minimum atomic E-state index is -0.396. The number of nitrogens with zero attached hydrogens (tertiary/aromatic N) is 2. The van der Waals surface area contributed by atoms with Gasteiger partial charge in [-0.2, -0.15) is 10.2 Å². The van der Waals surface area contributed by atoms with Gasteiger partial charge >= 0.3 is 0 Å². The molecule has 0 heterocycles. The molecule has 1 unspecified atom stereocenters.